The highest BCUT2D eigenvalue weighted by atomic mass is 35.5. The summed E-state index contributed by atoms with van der Waals surface area (Å²) in [5.41, 5.74) is 3.22. The van der Waals surface area contributed by atoms with Gasteiger partial charge < -0.3 is 20.2 Å². The fourth-order valence-electron chi connectivity index (χ4n) is 4.51. The minimum atomic E-state index is -0.238. The molecule has 3 aromatic heterocycles. The quantitative estimate of drug-likeness (QED) is 0.259. The van der Waals surface area contributed by atoms with E-state index < -0.39 is 0 Å². The van der Waals surface area contributed by atoms with Gasteiger partial charge in [0.2, 0.25) is 0 Å². The summed E-state index contributed by atoms with van der Waals surface area (Å²) in [6.45, 7) is 0.152. The van der Waals surface area contributed by atoms with E-state index in [0.717, 1.165) is 35.2 Å². The summed E-state index contributed by atoms with van der Waals surface area (Å²) in [5, 5.41) is 22.8. The molecule has 1 fully saturated rings. The predicted molar refractivity (Wildman–Crippen MR) is 139 cm³/mol. The van der Waals surface area contributed by atoms with Gasteiger partial charge in [0.25, 0.3) is 5.56 Å². The molecule has 10 heteroatoms. The van der Waals surface area contributed by atoms with Crippen LogP contribution < -0.4 is 10.9 Å². The van der Waals surface area contributed by atoms with Crippen molar-refractivity contribution in [3.05, 3.63) is 69.1 Å². The summed E-state index contributed by atoms with van der Waals surface area (Å²) in [6.07, 6.45) is 6.34. The van der Waals surface area contributed by atoms with Gasteiger partial charge in [-0.15, -0.1) is 11.3 Å². The Morgan fingerprint density at radius 3 is 2.89 bits per heavy atom. The molecule has 0 radical (unpaired) electrons. The van der Waals surface area contributed by atoms with E-state index in [9.17, 15) is 9.90 Å². The summed E-state index contributed by atoms with van der Waals surface area (Å²) in [4.78, 5) is 23.5. The fourth-order valence-corrected chi connectivity index (χ4v) is 5.83. The second-order valence-electron chi connectivity index (χ2n) is 8.54. The Morgan fingerprint density at radius 1 is 1.37 bits per heavy atom. The standard InChI is InChI=1S/C25H20ClN5O3S/c1-28-19-7-17(16(12-2-3-12)6-13(19)8-27)23-30-24-20(15-4-5-18(26)21(32)22(15)35-24)25(33)31(23)10-14-9-29-11-34-14/h4-9,11-12,27-28,32H,2-3,10H2,1H3. The number of hydrogen-bond acceptors (Lipinski definition) is 8. The van der Waals surface area contributed by atoms with Crippen molar-refractivity contribution in [3.63, 3.8) is 0 Å². The number of oxazole rings is 1. The van der Waals surface area contributed by atoms with Crippen molar-refractivity contribution in [1.29, 1.82) is 5.41 Å². The number of aromatic nitrogens is 3. The lowest BCUT2D eigenvalue weighted by atomic mass is 9.97. The Kier molecular flexibility index (Phi) is 5.12. The van der Waals surface area contributed by atoms with E-state index >= 15 is 0 Å². The van der Waals surface area contributed by atoms with Crippen LogP contribution in [0.5, 0.6) is 5.75 Å². The number of phenols is 1. The van der Waals surface area contributed by atoms with Crippen LogP contribution in [-0.4, -0.2) is 32.9 Å². The molecule has 0 atom stereocenters. The first-order valence-corrected chi connectivity index (χ1v) is 12.3. The number of fused-ring (bicyclic) bond motifs is 3. The molecule has 35 heavy (non-hydrogen) atoms. The van der Waals surface area contributed by atoms with E-state index in [-0.39, 0.29) is 22.9 Å². The molecule has 0 spiro atoms. The second-order valence-corrected chi connectivity index (χ2v) is 9.95. The van der Waals surface area contributed by atoms with E-state index in [4.69, 9.17) is 26.4 Å². The molecule has 1 aliphatic carbocycles. The highest BCUT2D eigenvalue weighted by Crippen LogP contribution is 2.46. The van der Waals surface area contributed by atoms with E-state index in [2.05, 4.69) is 10.3 Å². The van der Waals surface area contributed by atoms with E-state index in [1.54, 1.807) is 29.9 Å². The summed E-state index contributed by atoms with van der Waals surface area (Å²) >= 11 is 7.38. The minimum Gasteiger partial charge on any atom is -0.505 e. The van der Waals surface area contributed by atoms with Crippen LogP contribution in [0.15, 0.2) is 46.1 Å². The highest BCUT2D eigenvalue weighted by molar-refractivity contribution is 7.25. The molecular weight excluding hydrogens is 486 g/mol. The average Bonchev–Trinajstić information content (AvgIpc) is 3.45. The van der Waals surface area contributed by atoms with Crippen LogP contribution in [0.3, 0.4) is 0 Å². The van der Waals surface area contributed by atoms with Gasteiger partial charge in [0.05, 0.1) is 27.9 Å². The third kappa shape index (κ3) is 3.50. The Hall–Kier alpha value is -3.69. The molecule has 0 aliphatic heterocycles. The van der Waals surface area contributed by atoms with Crippen molar-refractivity contribution in [2.45, 2.75) is 25.3 Å². The number of anilines is 1. The zero-order valence-electron chi connectivity index (χ0n) is 18.6. The van der Waals surface area contributed by atoms with Gasteiger partial charge in [-0.3, -0.25) is 9.36 Å². The van der Waals surface area contributed by atoms with Crippen LogP contribution in [0.1, 0.15) is 35.6 Å². The summed E-state index contributed by atoms with van der Waals surface area (Å²) < 4.78 is 7.60. The van der Waals surface area contributed by atoms with Crippen molar-refractivity contribution >= 4 is 55.1 Å². The van der Waals surface area contributed by atoms with Crippen LogP contribution in [0.2, 0.25) is 5.02 Å². The zero-order valence-corrected chi connectivity index (χ0v) is 20.2. The SMILES string of the molecule is CNc1cc(-c2nc3sc4c(O)c(Cl)ccc4c3c(=O)n2Cc2cnco2)c(C2CC2)cc1C=N. The summed E-state index contributed by atoms with van der Waals surface area (Å²) in [7, 11) is 1.81. The maximum atomic E-state index is 14.0. The normalized spacial score (nSPS) is 13.5. The van der Waals surface area contributed by atoms with Gasteiger partial charge in [0, 0.05) is 35.5 Å². The van der Waals surface area contributed by atoms with Gasteiger partial charge in [0.1, 0.15) is 16.4 Å². The molecule has 1 saturated carbocycles. The molecule has 0 unspecified atom stereocenters. The van der Waals surface area contributed by atoms with Crippen molar-refractivity contribution in [2.75, 3.05) is 12.4 Å². The molecule has 8 nitrogen and oxygen atoms in total. The van der Waals surface area contributed by atoms with Crippen LogP contribution in [0, 0.1) is 5.41 Å². The number of aromatic hydroxyl groups is 1. The number of rotatable bonds is 6. The van der Waals surface area contributed by atoms with Crippen molar-refractivity contribution in [1.82, 2.24) is 14.5 Å². The molecule has 3 heterocycles. The molecule has 0 amide bonds. The number of thiophene rings is 1. The van der Waals surface area contributed by atoms with Gasteiger partial charge >= 0.3 is 0 Å². The Morgan fingerprint density at radius 2 is 2.20 bits per heavy atom. The molecular formula is C25H20ClN5O3S. The Labute approximate surface area is 208 Å². The van der Waals surface area contributed by atoms with Gasteiger partial charge in [0.15, 0.2) is 12.1 Å². The molecule has 2 aromatic carbocycles. The van der Waals surface area contributed by atoms with E-state index in [1.165, 1.54) is 23.9 Å². The number of halogens is 1. The molecule has 176 valence electrons. The molecule has 0 bridgehead atoms. The molecule has 1 aliphatic rings. The number of phenolic OH excluding ortho intramolecular Hbond substituents is 1. The van der Waals surface area contributed by atoms with E-state index in [0.29, 0.717) is 37.8 Å². The maximum Gasteiger partial charge on any atom is 0.263 e. The van der Waals surface area contributed by atoms with Crippen LogP contribution in [-0.2, 0) is 6.54 Å². The lowest BCUT2D eigenvalue weighted by Gasteiger charge is -2.17. The number of benzene rings is 2. The molecule has 3 N–H and O–H groups in total. The predicted octanol–water partition coefficient (Wildman–Crippen LogP) is 5.59. The fraction of sp³-hybridized carbons (Fsp3) is 0.200. The van der Waals surface area contributed by atoms with Crippen molar-refractivity contribution < 1.29 is 9.52 Å². The lowest BCUT2D eigenvalue weighted by Crippen LogP contribution is -2.24. The maximum absolute atomic E-state index is 14.0. The summed E-state index contributed by atoms with van der Waals surface area (Å²) in [6, 6.07) is 7.29. The number of hydrogen-bond donors (Lipinski definition) is 3. The Bertz CT molecular complexity index is 1690. The zero-order chi connectivity index (χ0) is 24.3. The first-order chi connectivity index (χ1) is 17.0. The van der Waals surface area contributed by atoms with Crippen LogP contribution in [0.4, 0.5) is 5.69 Å². The number of nitrogens with one attached hydrogen (secondary N) is 2. The summed E-state index contributed by atoms with van der Waals surface area (Å²) in [5.74, 6) is 1.33. The molecule has 6 rings (SSSR count). The minimum absolute atomic E-state index is 0.0543. The van der Waals surface area contributed by atoms with Gasteiger partial charge in [-0.25, -0.2) is 9.97 Å². The van der Waals surface area contributed by atoms with Crippen molar-refractivity contribution in [2.24, 2.45) is 0 Å². The third-order valence-electron chi connectivity index (χ3n) is 6.39. The van der Waals surface area contributed by atoms with E-state index in [1.807, 2.05) is 12.1 Å². The monoisotopic (exact) mass is 505 g/mol. The van der Waals surface area contributed by atoms with Crippen LogP contribution in [0.25, 0.3) is 31.7 Å². The van der Waals surface area contributed by atoms with Gasteiger partial charge in [-0.1, -0.05) is 17.7 Å². The third-order valence-corrected chi connectivity index (χ3v) is 7.80. The first-order valence-electron chi connectivity index (χ1n) is 11.1. The lowest BCUT2D eigenvalue weighted by molar-refractivity contribution is 0.482. The smallest absolute Gasteiger partial charge is 0.263 e. The molecule has 5 aromatic rings. The average molecular weight is 506 g/mol. The second kappa shape index (κ2) is 8.21. The van der Waals surface area contributed by atoms with Gasteiger partial charge in [-0.05, 0) is 42.5 Å². The van der Waals surface area contributed by atoms with Gasteiger partial charge in [-0.2, -0.15) is 0 Å². The Balaban J connectivity index is 1.71. The molecule has 0 saturated heterocycles. The number of nitrogens with zero attached hydrogens (tertiary/aromatic N) is 3. The highest BCUT2D eigenvalue weighted by Gasteiger charge is 2.30. The van der Waals surface area contributed by atoms with Crippen molar-refractivity contribution in [3.8, 4) is 17.1 Å². The topological polar surface area (TPSA) is 117 Å². The largest absolute Gasteiger partial charge is 0.505 e. The van der Waals surface area contributed by atoms with Crippen LogP contribution >= 0.6 is 22.9 Å². The first kappa shape index (κ1) is 21.8.